The Bertz CT molecular complexity index is 673. The molecular weight excluding hydrogens is 290 g/mol. The highest BCUT2D eigenvalue weighted by atomic mass is 32.2. The number of hydrogen-bond acceptors (Lipinski definition) is 5. The summed E-state index contributed by atoms with van der Waals surface area (Å²) in [5.41, 5.74) is 0.720. The van der Waals surface area contributed by atoms with Crippen molar-refractivity contribution in [2.45, 2.75) is 37.0 Å². The van der Waals surface area contributed by atoms with Gasteiger partial charge in [0.15, 0.2) is 4.91 Å². The van der Waals surface area contributed by atoms with Crippen LogP contribution in [0.5, 0.6) is 0 Å². The number of rotatable bonds is 2. The first kappa shape index (κ1) is 14.1. The van der Waals surface area contributed by atoms with E-state index in [-0.39, 0.29) is 4.91 Å². The van der Waals surface area contributed by atoms with Crippen molar-refractivity contribution in [3.8, 4) is 0 Å². The number of esters is 1. The molecule has 6 heteroatoms. The maximum Gasteiger partial charge on any atom is 0.353 e. The van der Waals surface area contributed by atoms with Crippen molar-refractivity contribution in [2.24, 2.45) is 0 Å². The van der Waals surface area contributed by atoms with Crippen LogP contribution in [0.1, 0.15) is 32.1 Å². The van der Waals surface area contributed by atoms with Crippen LogP contribution in [0.15, 0.2) is 41.4 Å². The minimum absolute atomic E-state index is 0.270. The van der Waals surface area contributed by atoms with Gasteiger partial charge in [-0.1, -0.05) is 24.6 Å². The Balaban J connectivity index is 1.90. The number of ether oxygens (including phenoxy) is 1. The quantitative estimate of drug-likeness (QED) is 0.671. The molecular formula is C15H17NO4S. The summed E-state index contributed by atoms with van der Waals surface area (Å²) < 4.78 is 30.6. The van der Waals surface area contributed by atoms with E-state index in [9.17, 15) is 13.2 Å². The third kappa shape index (κ3) is 2.33. The van der Waals surface area contributed by atoms with Gasteiger partial charge in [-0.15, -0.1) is 0 Å². The topological polar surface area (TPSA) is 72.5 Å². The molecule has 0 amide bonds. The van der Waals surface area contributed by atoms with Crippen molar-refractivity contribution < 1.29 is 17.9 Å². The van der Waals surface area contributed by atoms with Crippen LogP contribution < -0.4 is 5.32 Å². The minimum Gasteiger partial charge on any atom is -0.438 e. The lowest BCUT2D eigenvalue weighted by Crippen LogP contribution is -2.38. The molecule has 1 aromatic carbocycles. The molecule has 1 N–H and O–H groups in total. The largest absolute Gasteiger partial charge is 0.438 e. The van der Waals surface area contributed by atoms with E-state index >= 15 is 0 Å². The lowest BCUT2D eigenvalue weighted by atomic mass is 9.97. The number of benzene rings is 1. The smallest absolute Gasteiger partial charge is 0.353 e. The van der Waals surface area contributed by atoms with Gasteiger partial charge in [0, 0.05) is 24.7 Å². The summed E-state index contributed by atoms with van der Waals surface area (Å²) in [5.74, 6) is -0.750. The molecule has 2 fully saturated rings. The molecule has 3 rings (SSSR count). The number of anilines is 1. The molecule has 2 aliphatic rings. The summed E-state index contributed by atoms with van der Waals surface area (Å²) in [5, 5.41) is 2.85. The van der Waals surface area contributed by atoms with E-state index in [1.165, 1.54) is 6.20 Å². The van der Waals surface area contributed by atoms with Crippen LogP contribution in [-0.2, 0) is 19.4 Å². The Morgan fingerprint density at radius 3 is 2.43 bits per heavy atom. The molecule has 0 radical (unpaired) electrons. The Morgan fingerprint density at radius 1 is 1.10 bits per heavy atom. The average Bonchev–Trinajstić information content (AvgIpc) is 2.65. The van der Waals surface area contributed by atoms with Gasteiger partial charge >= 0.3 is 5.97 Å². The first-order chi connectivity index (χ1) is 10.1. The fourth-order valence-electron chi connectivity index (χ4n) is 2.87. The molecule has 1 saturated carbocycles. The van der Waals surface area contributed by atoms with Gasteiger partial charge in [0.05, 0.1) is 0 Å². The molecule has 0 bridgehead atoms. The number of carbonyl (C=O) groups excluding carboxylic acids is 1. The molecule has 0 unspecified atom stereocenters. The lowest BCUT2D eigenvalue weighted by molar-refractivity contribution is -0.145. The van der Waals surface area contributed by atoms with Crippen LogP contribution in [0.2, 0.25) is 0 Å². The Labute approximate surface area is 123 Å². The van der Waals surface area contributed by atoms with Crippen molar-refractivity contribution >= 4 is 21.5 Å². The second kappa shape index (κ2) is 5.18. The van der Waals surface area contributed by atoms with E-state index < -0.39 is 20.7 Å². The second-order valence-electron chi connectivity index (χ2n) is 5.38. The molecule has 112 valence electrons. The third-order valence-corrected chi connectivity index (χ3v) is 6.35. The number of carbonyl (C=O) groups is 1. The maximum atomic E-state index is 12.6. The standard InChI is InChI=1S/C15H17NO4S/c17-14-13(11-16-12-7-3-1-4-8-12)21(18,19)15(20-14)9-5-2-6-10-15/h1,3-4,7-8,11,16H,2,5-6,9-10H2/b13-11+. The van der Waals surface area contributed by atoms with Gasteiger partial charge in [-0.25, -0.2) is 13.2 Å². The highest BCUT2D eigenvalue weighted by Gasteiger charge is 2.57. The van der Waals surface area contributed by atoms with Crippen molar-refractivity contribution in [2.75, 3.05) is 5.32 Å². The SMILES string of the molecule is O=C1OC2(CCCCC2)S(=O)(=O)/C1=C/Nc1ccccc1. The Kier molecular flexibility index (Phi) is 3.49. The zero-order valence-corrected chi connectivity index (χ0v) is 12.4. The van der Waals surface area contributed by atoms with Gasteiger partial charge < -0.3 is 10.1 Å². The predicted molar refractivity (Wildman–Crippen MR) is 79.0 cm³/mol. The summed E-state index contributed by atoms with van der Waals surface area (Å²) in [6.45, 7) is 0. The van der Waals surface area contributed by atoms with E-state index in [1.807, 2.05) is 18.2 Å². The lowest BCUT2D eigenvalue weighted by Gasteiger charge is -2.29. The Morgan fingerprint density at radius 2 is 1.76 bits per heavy atom. The van der Waals surface area contributed by atoms with E-state index in [2.05, 4.69) is 5.32 Å². The highest BCUT2D eigenvalue weighted by Crippen LogP contribution is 2.45. The molecule has 1 heterocycles. The molecule has 1 aromatic rings. The van der Waals surface area contributed by atoms with E-state index in [4.69, 9.17) is 4.74 Å². The van der Waals surface area contributed by atoms with Gasteiger partial charge in [-0.3, -0.25) is 0 Å². The van der Waals surface area contributed by atoms with Crippen LogP contribution in [-0.4, -0.2) is 19.3 Å². The number of sulfone groups is 1. The summed E-state index contributed by atoms with van der Waals surface area (Å²) >= 11 is 0. The van der Waals surface area contributed by atoms with Crippen LogP contribution in [0, 0.1) is 0 Å². The molecule has 21 heavy (non-hydrogen) atoms. The summed E-state index contributed by atoms with van der Waals surface area (Å²) in [4.78, 5) is 10.4. The second-order valence-corrected chi connectivity index (χ2v) is 7.57. The first-order valence-corrected chi connectivity index (χ1v) is 8.53. The van der Waals surface area contributed by atoms with Crippen LogP contribution >= 0.6 is 0 Å². The van der Waals surface area contributed by atoms with Crippen LogP contribution in [0.3, 0.4) is 0 Å². The van der Waals surface area contributed by atoms with Crippen molar-refractivity contribution in [3.05, 3.63) is 41.4 Å². The first-order valence-electron chi connectivity index (χ1n) is 7.05. The fraction of sp³-hybridized carbons (Fsp3) is 0.400. The summed E-state index contributed by atoms with van der Waals surface area (Å²) in [7, 11) is -3.74. The van der Waals surface area contributed by atoms with Crippen molar-refractivity contribution in [1.29, 1.82) is 0 Å². The van der Waals surface area contributed by atoms with Gasteiger partial charge in [-0.05, 0) is 25.0 Å². The van der Waals surface area contributed by atoms with E-state index in [0.717, 1.165) is 24.9 Å². The number of nitrogens with one attached hydrogen (secondary N) is 1. The number of hydrogen-bond donors (Lipinski definition) is 1. The molecule has 5 nitrogen and oxygen atoms in total. The molecule has 1 spiro atoms. The van der Waals surface area contributed by atoms with E-state index in [1.54, 1.807) is 12.1 Å². The predicted octanol–water partition coefficient (Wildman–Crippen LogP) is 2.57. The zero-order valence-electron chi connectivity index (χ0n) is 11.5. The maximum absolute atomic E-state index is 12.6. The van der Waals surface area contributed by atoms with Gasteiger partial charge in [0.2, 0.25) is 14.8 Å². The molecule has 1 aliphatic carbocycles. The molecule has 0 aromatic heterocycles. The van der Waals surface area contributed by atoms with Crippen LogP contribution in [0.25, 0.3) is 0 Å². The third-order valence-electron chi connectivity index (χ3n) is 4.02. The van der Waals surface area contributed by atoms with Gasteiger partial charge in [-0.2, -0.15) is 0 Å². The Hall–Kier alpha value is -1.82. The van der Waals surface area contributed by atoms with Crippen molar-refractivity contribution in [3.63, 3.8) is 0 Å². The molecule has 0 atom stereocenters. The number of para-hydroxylation sites is 1. The summed E-state index contributed by atoms with van der Waals surface area (Å²) in [6, 6.07) is 9.09. The van der Waals surface area contributed by atoms with Crippen molar-refractivity contribution in [1.82, 2.24) is 0 Å². The van der Waals surface area contributed by atoms with Crippen LogP contribution in [0.4, 0.5) is 5.69 Å². The highest BCUT2D eigenvalue weighted by molar-refractivity contribution is 7.97. The van der Waals surface area contributed by atoms with E-state index in [0.29, 0.717) is 12.8 Å². The monoisotopic (exact) mass is 307 g/mol. The summed E-state index contributed by atoms with van der Waals surface area (Å²) in [6.07, 6.45) is 4.55. The average molecular weight is 307 g/mol. The van der Waals surface area contributed by atoms with Gasteiger partial charge in [0.1, 0.15) is 0 Å². The minimum atomic E-state index is -3.74. The normalized spacial score (nSPS) is 25.0. The molecule has 1 aliphatic heterocycles. The zero-order chi connectivity index (χ0) is 14.9. The molecule has 1 saturated heterocycles. The fourth-order valence-corrected chi connectivity index (χ4v) is 4.75. The van der Waals surface area contributed by atoms with Gasteiger partial charge in [0.25, 0.3) is 0 Å².